The number of carbonyl (C=O) groups excluding carboxylic acids is 1. The standard InChI is InChI=1S/C13H18N2O2/c1-10-4-5-11(14)12(8-10)17-9-13(16)15-6-2-3-7-15/h4-5,8H,2-3,6-7,9,14H2,1H3. The molecule has 1 saturated heterocycles. The number of hydrogen-bond acceptors (Lipinski definition) is 3. The number of benzene rings is 1. The number of anilines is 1. The first-order chi connectivity index (χ1) is 8.16. The number of ether oxygens (including phenoxy) is 1. The van der Waals surface area contributed by atoms with Gasteiger partial charge in [0, 0.05) is 13.1 Å². The third kappa shape index (κ3) is 2.90. The van der Waals surface area contributed by atoms with E-state index in [0.717, 1.165) is 31.5 Å². The molecule has 1 amide bonds. The van der Waals surface area contributed by atoms with Crippen molar-refractivity contribution in [2.24, 2.45) is 0 Å². The van der Waals surface area contributed by atoms with Gasteiger partial charge < -0.3 is 15.4 Å². The Kier molecular flexibility index (Phi) is 3.52. The highest BCUT2D eigenvalue weighted by atomic mass is 16.5. The number of amides is 1. The van der Waals surface area contributed by atoms with Gasteiger partial charge in [0.2, 0.25) is 0 Å². The molecule has 0 aliphatic carbocycles. The zero-order valence-electron chi connectivity index (χ0n) is 10.1. The van der Waals surface area contributed by atoms with Gasteiger partial charge in [0.1, 0.15) is 5.75 Å². The van der Waals surface area contributed by atoms with Crippen molar-refractivity contribution in [2.45, 2.75) is 19.8 Å². The minimum absolute atomic E-state index is 0.0448. The van der Waals surface area contributed by atoms with Gasteiger partial charge in [-0.2, -0.15) is 0 Å². The Morgan fingerprint density at radius 3 is 2.82 bits per heavy atom. The predicted octanol–water partition coefficient (Wildman–Crippen LogP) is 1.58. The van der Waals surface area contributed by atoms with Crippen molar-refractivity contribution < 1.29 is 9.53 Å². The second-order valence-corrected chi connectivity index (χ2v) is 4.42. The van der Waals surface area contributed by atoms with Gasteiger partial charge >= 0.3 is 0 Å². The molecule has 1 aliphatic heterocycles. The molecular formula is C13H18N2O2. The van der Waals surface area contributed by atoms with E-state index in [-0.39, 0.29) is 12.5 Å². The molecule has 0 atom stereocenters. The number of rotatable bonds is 3. The molecule has 0 unspecified atom stereocenters. The normalized spacial score (nSPS) is 15.0. The smallest absolute Gasteiger partial charge is 0.260 e. The molecule has 1 aromatic rings. The maximum Gasteiger partial charge on any atom is 0.260 e. The van der Waals surface area contributed by atoms with Crippen molar-refractivity contribution in [3.63, 3.8) is 0 Å². The molecule has 1 aliphatic rings. The topological polar surface area (TPSA) is 55.6 Å². The Labute approximate surface area is 101 Å². The summed E-state index contributed by atoms with van der Waals surface area (Å²) in [6.07, 6.45) is 2.19. The molecule has 2 N–H and O–H groups in total. The van der Waals surface area contributed by atoms with E-state index in [4.69, 9.17) is 10.5 Å². The van der Waals surface area contributed by atoms with E-state index in [1.54, 1.807) is 6.07 Å². The molecule has 1 heterocycles. The van der Waals surface area contributed by atoms with E-state index >= 15 is 0 Å². The Morgan fingerprint density at radius 1 is 1.41 bits per heavy atom. The van der Waals surface area contributed by atoms with Gasteiger partial charge in [-0.1, -0.05) is 6.07 Å². The zero-order chi connectivity index (χ0) is 12.3. The number of likely N-dealkylation sites (tertiary alicyclic amines) is 1. The molecule has 4 heteroatoms. The summed E-state index contributed by atoms with van der Waals surface area (Å²) in [7, 11) is 0. The minimum atomic E-state index is 0.0448. The van der Waals surface area contributed by atoms with E-state index < -0.39 is 0 Å². The highest BCUT2D eigenvalue weighted by molar-refractivity contribution is 5.78. The van der Waals surface area contributed by atoms with Gasteiger partial charge in [0.05, 0.1) is 5.69 Å². The van der Waals surface area contributed by atoms with Crippen LogP contribution < -0.4 is 10.5 Å². The summed E-state index contributed by atoms with van der Waals surface area (Å²) >= 11 is 0. The molecule has 4 nitrogen and oxygen atoms in total. The summed E-state index contributed by atoms with van der Waals surface area (Å²) in [6.45, 7) is 3.75. The molecule has 1 fully saturated rings. The molecule has 0 aromatic heterocycles. The summed E-state index contributed by atoms with van der Waals surface area (Å²) in [4.78, 5) is 13.6. The average molecular weight is 234 g/mol. The van der Waals surface area contributed by atoms with Crippen molar-refractivity contribution >= 4 is 11.6 Å². The van der Waals surface area contributed by atoms with E-state index in [9.17, 15) is 4.79 Å². The lowest BCUT2D eigenvalue weighted by atomic mass is 10.2. The summed E-state index contributed by atoms with van der Waals surface area (Å²) < 4.78 is 5.48. The number of nitrogens with two attached hydrogens (primary N) is 1. The predicted molar refractivity (Wildman–Crippen MR) is 66.9 cm³/mol. The van der Waals surface area contributed by atoms with Crippen LogP contribution in [0, 0.1) is 6.92 Å². The van der Waals surface area contributed by atoms with Gasteiger partial charge in [-0.3, -0.25) is 4.79 Å². The fourth-order valence-electron chi connectivity index (χ4n) is 1.96. The number of nitrogen functional groups attached to an aromatic ring is 1. The van der Waals surface area contributed by atoms with E-state index in [1.165, 1.54) is 0 Å². The molecule has 0 saturated carbocycles. The maximum absolute atomic E-state index is 11.8. The van der Waals surface area contributed by atoms with Gasteiger partial charge in [0.15, 0.2) is 6.61 Å². The van der Waals surface area contributed by atoms with Crippen LogP contribution in [0.2, 0.25) is 0 Å². The van der Waals surface area contributed by atoms with E-state index in [1.807, 2.05) is 24.0 Å². The SMILES string of the molecule is Cc1ccc(N)c(OCC(=O)N2CCCC2)c1. The van der Waals surface area contributed by atoms with Crippen LogP contribution in [-0.2, 0) is 4.79 Å². The van der Waals surface area contributed by atoms with Crippen LogP contribution >= 0.6 is 0 Å². The second-order valence-electron chi connectivity index (χ2n) is 4.42. The van der Waals surface area contributed by atoms with Gasteiger partial charge in [0.25, 0.3) is 5.91 Å². The Morgan fingerprint density at radius 2 is 2.12 bits per heavy atom. The second kappa shape index (κ2) is 5.08. The van der Waals surface area contributed by atoms with Crippen LogP contribution in [0.5, 0.6) is 5.75 Å². The van der Waals surface area contributed by atoms with Crippen LogP contribution in [-0.4, -0.2) is 30.5 Å². The van der Waals surface area contributed by atoms with E-state index in [2.05, 4.69) is 0 Å². The quantitative estimate of drug-likeness (QED) is 0.808. The monoisotopic (exact) mass is 234 g/mol. The van der Waals surface area contributed by atoms with Gasteiger partial charge in [-0.05, 0) is 37.5 Å². The molecule has 0 spiro atoms. The van der Waals surface area contributed by atoms with Crippen LogP contribution in [0.4, 0.5) is 5.69 Å². The molecule has 17 heavy (non-hydrogen) atoms. The lowest BCUT2D eigenvalue weighted by Crippen LogP contribution is -2.32. The first-order valence-electron chi connectivity index (χ1n) is 5.93. The van der Waals surface area contributed by atoms with Crippen LogP contribution in [0.3, 0.4) is 0 Å². The third-order valence-electron chi connectivity index (χ3n) is 2.98. The third-order valence-corrected chi connectivity index (χ3v) is 2.98. The van der Waals surface area contributed by atoms with Gasteiger partial charge in [-0.25, -0.2) is 0 Å². The molecule has 2 rings (SSSR count). The largest absolute Gasteiger partial charge is 0.482 e. The maximum atomic E-state index is 11.8. The summed E-state index contributed by atoms with van der Waals surface area (Å²) in [5.41, 5.74) is 7.43. The highest BCUT2D eigenvalue weighted by Gasteiger charge is 2.18. The summed E-state index contributed by atoms with van der Waals surface area (Å²) in [6, 6.07) is 5.57. The Hall–Kier alpha value is -1.71. The fraction of sp³-hybridized carbons (Fsp3) is 0.462. The van der Waals surface area contributed by atoms with Crippen LogP contribution in [0.1, 0.15) is 18.4 Å². The van der Waals surface area contributed by atoms with Crippen molar-refractivity contribution in [1.82, 2.24) is 4.90 Å². The number of nitrogens with zero attached hydrogens (tertiary/aromatic N) is 1. The summed E-state index contributed by atoms with van der Waals surface area (Å²) in [5.74, 6) is 0.640. The lowest BCUT2D eigenvalue weighted by Gasteiger charge is -2.16. The number of hydrogen-bond donors (Lipinski definition) is 1. The van der Waals surface area contributed by atoms with Crippen LogP contribution in [0.15, 0.2) is 18.2 Å². The first-order valence-corrected chi connectivity index (χ1v) is 5.93. The highest BCUT2D eigenvalue weighted by Crippen LogP contribution is 2.22. The first kappa shape index (κ1) is 11.8. The molecule has 0 bridgehead atoms. The minimum Gasteiger partial charge on any atom is -0.482 e. The molecule has 0 radical (unpaired) electrons. The average Bonchev–Trinajstić information content (AvgIpc) is 2.83. The Balaban J connectivity index is 1.92. The fourth-order valence-corrected chi connectivity index (χ4v) is 1.96. The summed E-state index contributed by atoms with van der Waals surface area (Å²) in [5, 5.41) is 0. The van der Waals surface area contributed by atoms with E-state index in [0.29, 0.717) is 11.4 Å². The van der Waals surface area contributed by atoms with Crippen molar-refractivity contribution in [3.8, 4) is 5.75 Å². The molecule has 92 valence electrons. The molecular weight excluding hydrogens is 216 g/mol. The van der Waals surface area contributed by atoms with Crippen molar-refractivity contribution in [3.05, 3.63) is 23.8 Å². The lowest BCUT2D eigenvalue weighted by molar-refractivity contribution is -0.132. The molecule has 1 aromatic carbocycles. The van der Waals surface area contributed by atoms with Gasteiger partial charge in [-0.15, -0.1) is 0 Å². The number of carbonyl (C=O) groups is 1. The Bertz CT molecular complexity index is 412. The number of aryl methyl sites for hydroxylation is 1. The van der Waals surface area contributed by atoms with Crippen molar-refractivity contribution in [1.29, 1.82) is 0 Å². The van der Waals surface area contributed by atoms with Crippen LogP contribution in [0.25, 0.3) is 0 Å². The van der Waals surface area contributed by atoms with Crippen molar-refractivity contribution in [2.75, 3.05) is 25.4 Å². The zero-order valence-corrected chi connectivity index (χ0v) is 10.1.